The molecule has 3 aromatic carbocycles. The molecule has 0 saturated carbocycles. The fourth-order valence-electron chi connectivity index (χ4n) is 3.43. The summed E-state index contributed by atoms with van der Waals surface area (Å²) in [5.74, 6) is 0. The normalized spacial score (nSPS) is 12.6. The summed E-state index contributed by atoms with van der Waals surface area (Å²) in [6.07, 6.45) is 0.679. The number of aliphatic imine (C=N–C) groups is 1. The molecular formula is C27H32N4S. The third-order valence-corrected chi connectivity index (χ3v) is 5.95. The van der Waals surface area contributed by atoms with E-state index in [-0.39, 0.29) is 0 Å². The van der Waals surface area contributed by atoms with Crippen LogP contribution in [0.15, 0.2) is 100 Å². The highest BCUT2D eigenvalue weighted by molar-refractivity contribution is 7.97. The van der Waals surface area contributed by atoms with E-state index in [4.69, 9.17) is 5.73 Å². The predicted molar refractivity (Wildman–Crippen MR) is 139 cm³/mol. The van der Waals surface area contributed by atoms with Crippen molar-refractivity contribution in [2.24, 2.45) is 10.7 Å². The van der Waals surface area contributed by atoms with Gasteiger partial charge < -0.3 is 15.4 Å². The smallest absolute Gasteiger partial charge is 0.0847 e. The van der Waals surface area contributed by atoms with E-state index in [9.17, 15) is 0 Å². The Kier molecular flexibility index (Phi) is 8.54. The number of rotatable bonds is 9. The van der Waals surface area contributed by atoms with Crippen molar-refractivity contribution >= 4 is 17.7 Å². The number of hydrogen-bond acceptors (Lipinski definition) is 5. The van der Waals surface area contributed by atoms with Crippen molar-refractivity contribution < 1.29 is 0 Å². The summed E-state index contributed by atoms with van der Waals surface area (Å²) >= 11 is 1.55. The molecule has 5 heteroatoms. The Morgan fingerprint density at radius 3 is 2.25 bits per heavy atom. The molecule has 0 spiro atoms. The number of nitrogens with one attached hydrogen (secondary N) is 1. The molecule has 0 bridgehead atoms. The molecule has 0 aliphatic heterocycles. The fraction of sp³-hybridized carbons (Fsp3) is 0.222. The molecule has 0 atom stereocenters. The van der Waals surface area contributed by atoms with Crippen LogP contribution in [0.2, 0.25) is 0 Å². The molecule has 166 valence electrons. The lowest BCUT2D eigenvalue weighted by Gasteiger charge is -2.14. The van der Waals surface area contributed by atoms with Crippen molar-refractivity contribution in [3.8, 4) is 11.1 Å². The molecule has 0 radical (unpaired) electrons. The summed E-state index contributed by atoms with van der Waals surface area (Å²) in [5.41, 5.74) is 13.9. The molecule has 0 heterocycles. The van der Waals surface area contributed by atoms with Crippen molar-refractivity contribution in [3.05, 3.63) is 101 Å². The van der Waals surface area contributed by atoms with E-state index < -0.39 is 0 Å². The van der Waals surface area contributed by atoms with Gasteiger partial charge in [0.1, 0.15) is 0 Å². The quantitative estimate of drug-likeness (QED) is 0.337. The first-order valence-electron chi connectivity index (χ1n) is 10.7. The van der Waals surface area contributed by atoms with E-state index in [1.54, 1.807) is 19.0 Å². The molecule has 3 rings (SSSR count). The zero-order chi connectivity index (χ0) is 22.9. The van der Waals surface area contributed by atoms with Gasteiger partial charge in [-0.25, -0.2) is 0 Å². The number of hydrogen-bond donors (Lipinski definition) is 2. The first kappa shape index (κ1) is 23.6. The largest absolute Gasteiger partial charge is 0.400 e. The van der Waals surface area contributed by atoms with Crippen LogP contribution in [0.5, 0.6) is 0 Å². The number of nitrogens with zero attached hydrogens (tertiary/aromatic N) is 2. The van der Waals surface area contributed by atoms with Crippen LogP contribution in [-0.2, 0) is 13.0 Å². The van der Waals surface area contributed by atoms with Crippen LogP contribution in [0.3, 0.4) is 0 Å². The molecular weight excluding hydrogens is 412 g/mol. The summed E-state index contributed by atoms with van der Waals surface area (Å²) < 4.78 is 3.43. The Balaban J connectivity index is 1.72. The van der Waals surface area contributed by atoms with Gasteiger partial charge in [0, 0.05) is 30.6 Å². The van der Waals surface area contributed by atoms with Gasteiger partial charge in [0.2, 0.25) is 0 Å². The molecule has 4 nitrogen and oxygen atoms in total. The Morgan fingerprint density at radius 2 is 1.59 bits per heavy atom. The molecule has 0 aliphatic rings. The fourth-order valence-corrected chi connectivity index (χ4v) is 4.20. The summed E-state index contributed by atoms with van der Waals surface area (Å²) in [6, 6.07) is 27.5. The minimum absolute atomic E-state index is 0.679. The molecule has 0 aromatic heterocycles. The van der Waals surface area contributed by atoms with E-state index in [1.165, 1.54) is 22.3 Å². The Hall–Kier alpha value is -3.02. The lowest BCUT2D eigenvalue weighted by Crippen LogP contribution is -2.20. The highest BCUT2D eigenvalue weighted by atomic mass is 32.2. The van der Waals surface area contributed by atoms with Crippen molar-refractivity contribution in [2.45, 2.75) is 24.8 Å². The monoisotopic (exact) mass is 444 g/mol. The third-order valence-electron chi connectivity index (χ3n) is 5.14. The van der Waals surface area contributed by atoms with E-state index >= 15 is 0 Å². The van der Waals surface area contributed by atoms with Gasteiger partial charge in [-0.2, -0.15) is 0 Å². The van der Waals surface area contributed by atoms with E-state index in [2.05, 4.69) is 89.4 Å². The molecule has 0 fully saturated rings. The summed E-state index contributed by atoms with van der Waals surface area (Å²) in [7, 11) is 5.97. The average Bonchev–Trinajstić information content (AvgIpc) is 2.80. The minimum atomic E-state index is 0.679. The van der Waals surface area contributed by atoms with Gasteiger partial charge in [-0.15, -0.1) is 0 Å². The summed E-state index contributed by atoms with van der Waals surface area (Å²) in [6.45, 7) is 2.91. The maximum Gasteiger partial charge on any atom is 0.0847 e. The molecule has 0 aliphatic carbocycles. The first-order valence-corrected chi connectivity index (χ1v) is 11.5. The zero-order valence-electron chi connectivity index (χ0n) is 19.3. The first-order chi connectivity index (χ1) is 15.5. The predicted octanol–water partition coefficient (Wildman–Crippen LogP) is 5.52. The highest BCUT2D eigenvalue weighted by Crippen LogP contribution is 2.25. The summed E-state index contributed by atoms with van der Waals surface area (Å²) in [4.78, 5) is 7.64. The number of nitrogens with two attached hydrogens (primary N) is 1. The van der Waals surface area contributed by atoms with E-state index in [0.717, 1.165) is 28.5 Å². The number of allylic oxidation sites excluding steroid dienone is 2. The second kappa shape index (κ2) is 11.6. The standard InChI is InChI=1S/C27H32N4S/c1-20(29-2)27(26(28)18-21-9-6-5-7-10-21)30-32-25-15-13-23(14-16-25)24-12-8-11-22(17-24)19-31(3)4/h5-17,30H,18-19,28H2,1-4H3. The van der Waals surface area contributed by atoms with Crippen molar-refractivity contribution in [1.82, 2.24) is 9.62 Å². The van der Waals surface area contributed by atoms with Crippen LogP contribution < -0.4 is 10.5 Å². The Labute approximate surface area is 196 Å². The second-order valence-electron chi connectivity index (χ2n) is 8.04. The van der Waals surface area contributed by atoms with Crippen LogP contribution in [0, 0.1) is 0 Å². The summed E-state index contributed by atoms with van der Waals surface area (Å²) in [5, 5.41) is 0. The second-order valence-corrected chi connectivity index (χ2v) is 8.92. The van der Waals surface area contributed by atoms with Crippen LogP contribution in [-0.4, -0.2) is 31.8 Å². The van der Waals surface area contributed by atoms with E-state index in [1.807, 2.05) is 25.1 Å². The van der Waals surface area contributed by atoms with E-state index in [0.29, 0.717) is 6.42 Å². The zero-order valence-corrected chi connectivity index (χ0v) is 20.1. The van der Waals surface area contributed by atoms with Gasteiger partial charge in [0.15, 0.2) is 0 Å². The SMILES string of the molecule is CN=C(C)C(NSc1ccc(-c2cccc(CN(C)C)c2)cc1)=C(N)Cc1ccccc1. The number of benzene rings is 3. The van der Waals surface area contributed by atoms with Gasteiger partial charge in [-0.3, -0.25) is 4.99 Å². The van der Waals surface area contributed by atoms with Gasteiger partial charge in [0.25, 0.3) is 0 Å². The molecule has 0 saturated heterocycles. The molecule has 3 N–H and O–H groups in total. The van der Waals surface area contributed by atoms with Crippen molar-refractivity contribution in [1.29, 1.82) is 0 Å². The average molecular weight is 445 g/mol. The van der Waals surface area contributed by atoms with Gasteiger partial charge in [-0.05, 0) is 73.4 Å². The van der Waals surface area contributed by atoms with Gasteiger partial charge in [0.05, 0.1) is 11.4 Å². The van der Waals surface area contributed by atoms with Crippen molar-refractivity contribution in [2.75, 3.05) is 21.1 Å². The lowest BCUT2D eigenvalue weighted by atomic mass is 10.0. The molecule has 3 aromatic rings. The van der Waals surface area contributed by atoms with Gasteiger partial charge in [-0.1, -0.05) is 60.7 Å². The van der Waals surface area contributed by atoms with Crippen LogP contribution in [0.25, 0.3) is 11.1 Å². The van der Waals surface area contributed by atoms with Crippen LogP contribution in [0.4, 0.5) is 0 Å². The van der Waals surface area contributed by atoms with Crippen LogP contribution >= 0.6 is 11.9 Å². The molecule has 0 unspecified atom stereocenters. The molecule has 32 heavy (non-hydrogen) atoms. The Bertz CT molecular complexity index is 1070. The van der Waals surface area contributed by atoms with Crippen molar-refractivity contribution in [3.63, 3.8) is 0 Å². The topological polar surface area (TPSA) is 53.7 Å². The van der Waals surface area contributed by atoms with Crippen LogP contribution in [0.1, 0.15) is 18.1 Å². The van der Waals surface area contributed by atoms with Gasteiger partial charge >= 0.3 is 0 Å². The third kappa shape index (κ3) is 6.74. The maximum atomic E-state index is 6.46. The maximum absolute atomic E-state index is 6.46. The lowest BCUT2D eigenvalue weighted by molar-refractivity contribution is 0.402. The Morgan fingerprint density at radius 1 is 0.906 bits per heavy atom. The highest BCUT2D eigenvalue weighted by Gasteiger charge is 2.09. The minimum Gasteiger partial charge on any atom is -0.400 e. The molecule has 0 amide bonds.